The molecular formula is C18H49N3Si4. The molecule has 0 fully saturated rings. The summed E-state index contributed by atoms with van der Waals surface area (Å²) in [5.41, 5.74) is 1.11. The van der Waals surface area contributed by atoms with Crippen LogP contribution in [0.4, 0.5) is 0 Å². The van der Waals surface area contributed by atoms with Crippen LogP contribution in [0.15, 0.2) is 0 Å². The van der Waals surface area contributed by atoms with Crippen LogP contribution in [0.25, 0.3) is 0 Å². The number of rotatable bonds is 15. The van der Waals surface area contributed by atoms with Crippen molar-refractivity contribution < 1.29 is 0 Å². The van der Waals surface area contributed by atoms with Gasteiger partial charge in [-0.25, -0.2) is 0 Å². The third-order valence-corrected chi connectivity index (χ3v) is 16.2. The van der Waals surface area contributed by atoms with Gasteiger partial charge in [0.15, 0.2) is 0 Å². The average Bonchev–Trinajstić information content (AvgIpc) is 2.47. The molecule has 0 radical (unpaired) electrons. The summed E-state index contributed by atoms with van der Waals surface area (Å²) < 4.78 is 5.09. The van der Waals surface area contributed by atoms with Gasteiger partial charge >= 0.3 is 0 Å². The topological polar surface area (TPSA) is 9.72 Å². The van der Waals surface area contributed by atoms with Gasteiger partial charge in [0.2, 0.25) is 0 Å². The summed E-state index contributed by atoms with van der Waals surface area (Å²) in [5.74, 6) is 0. The van der Waals surface area contributed by atoms with Crippen LogP contribution >= 0.6 is 0 Å². The predicted molar refractivity (Wildman–Crippen MR) is 131 cm³/mol. The third-order valence-electron chi connectivity index (χ3n) is 5.53. The normalized spacial score (nSPS) is 16.6. The molecule has 0 aromatic heterocycles. The first kappa shape index (κ1) is 25.7. The van der Waals surface area contributed by atoms with Crippen molar-refractivity contribution in [2.24, 2.45) is 0 Å². The number of hydrogen-bond donors (Lipinski definition) is 0. The molecule has 0 aliphatic carbocycles. The van der Waals surface area contributed by atoms with Crippen molar-refractivity contribution in [3.63, 3.8) is 0 Å². The van der Waals surface area contributed by atoms with Crippen LogP contribution in [0.1, 0.15) is 34.1 Å². The lowest BCUT2D eigenvalue weighted by molar-refractivity contribution is 0.206. The minimum Gasteiger partial charge on any atom is -0.334 e. The van der Waals surface area contributed by atoms with Gasteiger partial charge in [0.25, 0.3) is 0 Å². The van der Waals surface area contributed by atoms with E-state index in [1.165, 1.54) is 6.17 Å². The van der Waals surface area contributed by atoms with Gasteiger partial charge in [0.1, 0.15) is 8.96 Å². The first-order valence-electron chi connectivity index (χ1n) is 10.7. The van der Waals surface area contributed by atoms with E-state index < -0.39 is 8.96 Å². The molecule has 0 aromatic rings. The first-order chi connectivity index (χ1) is 11.6. The second-order valence-corrected chi connectivity index (χ2v) is 19.0. The maximum Gasteiger partial charge on any atom is 0.108 e. The molecule has 0 rings (SSSR count). The highest BCUT2D eigenvalue weighted by Gasteiger charge is 2.17. The molecular weight excluding hydrogens is 371 g/mol. The van der Waals surface area contributed by atoms with E-state index in [1.807, 2.05) is 0 Å². The zero-order valence-electron chi connectivity index (χ0n) is 19.0. The minimum absolute atomic E-state index is 0.00952. The Kier molecular flexibility index (Phi) is 15.2. The second-order valence-electron chi connectivity index (χ2n) is 9.16. The summed E-state index contributed by atoms with van der Waals surface area (Å²) in [4.78, 5) is 2.70. The van der Waals surface area contributed by atoms with Gasteiger partial charge in [-0.2, -0.15) is 0 Å². The highest BCUT2D eigenvalue weighted by Crippen LogP contribution is 2.20. The highest BCUT2D eigenvalue weighted by atomic mass is 28.3. The van der Waals surface area contributed by atoms with Gasteiger partial charge in [-0.3, -0.25) is 0 Å². The van der Waals surface area contributed by atoms with E-state index in [4.69, 9.17) is 0 Å². The molecule has 0 heterocycles. The van der Waals surface area contributed by atoms with Crippen molar-refractivity contribution in [1.82, 2.24) is 14.0 Å². The molecule has 25 heavy (non-hydrogen) atoms. The molecule has 0 aliphatic rings. The lowest BCUT2D eigenvalue weighted by atomic mass is 10.2. The van der Waals surface area contributed by atoms with Gasteiger partial charge in [0, 0.05) is 31.1 Å². The third kappa shape index (κ3) is 13.5. The van der Waals surface area contributed by atoms with Crippen LogP contribution in [0.3, 0.4) is 0 Å². The monoisotopic (exact) mass is 419 g/mol. The van der Waals surface area contributed by atoms with E-state index in [1.54, 1.807) is 30.6 Å². The number of hydrogen-bond acceptors (Lipinski definition) is 3. The molecule has 152 valence electrons. The Morgan fingerprint density at radius 1 is 0.880 bits per heavy atom. The Labute approximate surface area is 168 Å². The van der Waals surface area contributed by atoms with Crippen LogP contribution in [0.2, 0.25) is 36.3 Å². The van der Waals surface area contributed by atoms with Crippen LogP contribution in [-0.4, -0.2) is 98.2 Å². The molecule has 0 amide bonds. The van der Waals surface area contributed by atoms with Gasteiger partial charge in [-0.1, -0.05) is 31.1 Å². The fraction of sp³-hybridized carbons (Fsp3) is 1.00. The number of nitrogens with zero attached hydrogens (tertiary/aromatic N) is 3. The molecule has 2 unspecified atom stereocenters. The Balaban J connectivity index is 3.94. The summed E-state index contributed by atoms with van der Waals surface area (Å²) in [7, 11) is 8.90. The molecule has 7 heteroatoms. The van der Waals surface area contributed by atoms with E-state index in [0.717, 1.165) is 17.6 Å². The Morgan fingerprint density at radius 3 is 1.92 bits per heavy atom. The van der Waals surface area contributed by atoms with Crippen LogP contribution in [-0.2, 0) is 0 Å². The van der Waals surface area contributed by atoms with Gasteiger partial charge in [-0.05, 0) is 73.6 Å². The lowest BCUT2D eigenvalue weighted by Crippen LogP contribution is -2.39. The summed E-state index contributed by atoms with van der Waals surface area (Å²) in [6.07, 6.45) is 2.98. The summed E-state index contributed by atoms with van der Waals surface area (Å²) >= 11 is 0. The standard InChI is InChI=1S/C18H49N3Si4/c1-16(2)21(17(3)4)15-23-12-10-11-22-13-18(24-19(5)6)14-25(9)20(7)8/h16-18,25H,10-15,22-24H2,1-9H3. The van der Waals surface area contributed by atoms with Crippen molar-refractivity contribution in [3.05, 3.63) is 0 Å². The highest BCUT2D eigenvalue weighted by molar-refractivity contribution is 6.56. The lowest BCUT2D eigenvalue weighted by Gasteiger charge is -2.30. The quantitative estimate of drug-likeness (QED) is 0.293. The molecule has 0 aliphatic heterocycles. The largest absolute Gasteiger partial charge is 0.334 e. The smallest absolute Gasteiger partial charge is 0.108 e. The molecule has 3 nitrogen and oxygen atoms in total. The molecule has 2 atom stereocenters. The zero-order valence-corrected chi connectivity index (χ0v) is 24.4. The van der Waals surface area contributed by atoms with E-state index in [-0.39, 0.29) is 28.7 Å². The maximum absolute atomic E-state index is 2.70. The summed E-state index contributed by atoms with van der Waals surface area (Å²) in [6.45, 7) is 12.0. The molecule has 0 spiro atoms. The first-order valence-corrected chi connectivity index (χ1v) is 18.7. The van der Waals surface area contributed by atoms with Crippen molar-refractivity contribution in [3.8, 4) is 0 Å². The van der Waals surface area contributed by atoms with Crippen LogP contribution in [0, 0.1) is 0 Å². The van der Waals surface area contributed by atoms with Crippen molar-refractivity contribution in [1.29, 1.82) is 0 Å². The molecule has 0 saturated heterocycles. The van der Waals surface area contributed by atoms with Crippen molar-refractivity contribution in [2.75, 3.05) is 34.4 Å². The Bertz CT molecular complexity index is 307. The zero-order chi connectivity index (χ0) is 19.4. The van der Waals surface area contributed by atoms with E-state index in [2.05, 4.69) is 76.5 Å². The van der Waals surface area contributed by atoms with Crippen LogP contribution in [0.5, 0.6) is 0 Å². The molecule has 0 aromatic carbocycles. The van der Waals surface area contributed by atoms with Gasteiger partial charge in [0.05, 0.1) is 9.68 Å². The molecule has 0 N–H and O–H groups in total. The maximum atomic E-state index is 2.70. The molecule has 0 saturated carbocycles. The molecule has 0 bridgehead atoms. The van der Waals surface area contributed by atoms with Crippen molar-refractivity contribution in [2.45, 2.75) is 82.5 Å². The summed E-state index contributed by atoms with van der Waals surface area (Å²) in [5, 5.41) is 0. The van der Waals surface area contributed by atoms with Crippen molar-refractivity contribution >= 4 is 37.7 Å². The SMILES string of the molecule is CC(C)N(C[SiH2]CCC[SiH2]CC(C[SiH](C)N(C)C)[SiH2]N(C)C)C(C)C. The second kappa shape index (κ2) is 14.8. The summed E-state index contributed by atoms with van der Waals surface area (Å²) in [6, 6.07) is 7.86. The fourth-order valence-corrected chi connectivity index (χ4v) is 15.5. The van der Waals surface area contributed by atoms with Gasteiger partial charge in [-0.15, -0.1) is 0 Å². The van der Waals surface area contributed by atoms with E-state index >= 15 is 0 Å². The fourth-order valence-electron chi connectivity index (χ4n) is 3.86. The predicted octanol–water partition coefficient (Wildman–Crippen LogP) is 1.39. The minimum atomic E-state index is -0.628. The van der Waals surface area contributed by atoms with Crippen LogP contribution < -0.4 is 0 Å². The average molecular weight is 420 g/mol. The Morgan fingerprint density at radius 2 is 1.44 bits per heavy atom. The van der Waals surface area contributed by atoms with Gasteiger partial charge < -0.3 is 14.0 Å². The Hall–Kier alpha value is 0.748. The van der Waals surface area contributed by atoms with E-state index in [0.29, 0.717) is 0 Å². The van der Waals surface area contributed by atoms with E-state index in [9.17, 15) is 0 Å².